The molecule has 68 valence electrons. The van der Waals surface area contributed by atoms with Crippen molar-refractivity contribution in [2.45, 2.75) is 38.2 Å². The molecule has 1 atom stereocenters. The first kappa shape index (κ1) is 10.9. The van der Waals surface area contributed by atoms with Crippen LogP contribution in [-0.4, -0.2) is 22.3 Å². The number of hydrogen-bond acceptors (Lipinski definition) is 3. The smallest absolute Gasteiger partial charge is 0.305 e. The lowest BCUT2D eigenvalue weighted by Gasteiger charge is -2.05. The maximum atomic E-state index is 10.1. The molecule has 4 nitrogen and oxygen atoms in total. The summed E-state index contributed by atoms with van der Waals surface area (Å²) >= 11 is 0. The lowest BCUT2D eigenvalue weighted by molar-refractivity contribution is -0.139. The Bertz CT molecular complexity index is 174. The molecule has 0 aliphatic heterocycles. The highest BCUT2D eigenvalue weighted by atomic mass is 16.4. The third-order valence-electron chi connectivity index (χ3n) is 1.49. The normalized spacial score (nSPS) is 12.0. The number of unbranched alkanes of at least 4 members (excludes halogenated alkanes) is 2. The Labute approximate surface area is 71.4 Å². The molecule has 0 saturated heterocycles. The minimum atomic E-state index is -0.984. The quantitative estimate of drug-likeness (QED) is 0.582. The molecule has 0 saturated carbocycles. The second-order valence-corrected chi connectivity index (χ2v) is 2.66. The molecular formula is C8H13NO3. The van der Waals surface area contributed by atoms with Crippen LogP contribution in [0.3, 0.4) is 0 Å². The van der Waals surface area contributed by atoms with Crippen molar-refractivity contribution in [3.63, 3.8) is 0 Å². The first-order chi connectivity index (χ1) is 5.66. The van der Waals surface area contributed by atoms with E-state index in [0.717, 1.165) is 6.42 Å². The number of aliphatic hydroxyl groups is 1. The SMILES string of the molecule is N#CCCCC[C@@H](O)CC(=O)O. The number of nitrogens with zero attached hydrogens (tertiary/aromatic N) is 1. The van der Waals surface area contributed by atoms with E-state index < -0.39 is 12.1 Å². The number of carboxylic acids is 1. The zero-order valence-corrected chi connectivity index (χ0v) is 6.86. The van der Waals surface area contributed by atoms with Crippen LogP contribution in [-0.2, 0) is 4.79 Å². The molecule has 0 amide bonds. The van der Waals surface area contributed by atoms with E-state index in [9.17, 15) is 4.79 Å². The van der Waals surface area contributed by atoms with Gasteiger partial charge < -0.3 is 10.2 Å². The van der Waals surface area contributed by atoms with Gasteiger partial charge in [-0.25, -0.2) is 0 Å². The van der Waals surface area contributed by atoms with E-state index in [2.05, 4.69) is 0 Å². The number of carbonyl (C=O) groups is 1. The van der Waals surface area contributed by atoms with E-state index in [0.29, 0.717) is 19.3 Å². The lowest BCUT2D eigenvalue weighted by atomic mass is 10.1. The first-order valence-corrected chi connectivity index (χ1v) is 3.93. The monoisotopic (exact) mass is 171 g/mol. The highest BCUT2D eigenvalue weighted by molar-refractivity contribution is 5.67. The maximum absolute atomic E-state index is 10.1. The fourth-order valence-electron chi connectivity index (χ4n) is 0.888. The Kier molecular flexibility index (Phi) is 6.02. The Morgan fingerprint density at radius 1 is 1.50 bits per heavy atom. The summed E-state index contributed by atoms with van der Waals surface area (Å²) in [7, 11) is 0. The molecule has 2 N–H and O–H groups in total. The summed E-state index contributed by atoms with van der Waals surface area (Å²) < 4.78 is 0. The Morgan fingerprint density at radius 2 is 2.17 bits per heavy atom. The Balaban J connectivity index is 3.26. The molecular weight excluding hydrogens is 158 g/mol. The average Bonchev–Trinajstić information content (AvgIpc) is 1.97. The van der Waals surface area contributed by atoms with Crippen molar-refractivity contribution in [2.75, 3.05) is 0 Å². The first-order valence-electron chi connectivity index (χ1n) is 3.93. The summed E-state index contributed by atoms with van der Waals surface area (Å²) in [5, 5.41) is 25.5. The molecule has 0 aliphatic rings. The van der Waals surface area contributed by atoms with Crippen LogP contribution in [0.4, 0.5) is 0 Å². The number of carboxylic acid groups (broad SMARTS) is 1. The van der Waals surface area contributed by atoms with Crippen LogP contribution < -0.4 is 0 Å². The second kappa shape index (κ2) is 6.62. The van der Waals surface area contributed by atoms with Crippen molar-refractivity contribution < 1.29 is 15.0 Å². The van der Waals surface area contributed by atoms with Crippen LogP contribution in [0, 0.1) is 11.3 Å². The van der Waals surface area contributed by atoms with Gasteiger partial charge >= 0.3 is 5.97 Å². The van der Waals surface area contributed by atoms with Crippen molar-refractivity contribution in [2.24, 2.45) is 0 Å². The molecule has 0 aromatic rings. The van der Waals surface area contributed by atoms with E-state index in [1.807, 2.05) is 6.07 Å². The van der Waals surface area contributed by atoms with Gasteiger partial charge in [-0.05, 0) is 19.3 Å². The van der Waals surface area contributed by atoms with Gasteiger partial charge in [-0.1, -0.05) is 0 Å². The average molecular weight is 171 g/mol. The summed E-state index contributed by atoms with van der Waals surface area (Å²) in [6.45, 7) is 0. The minimum absolute atomic E-state index is 0.202. The number of nitriles is 1. The molecule has 0 bridgehead atoms. The maximum Gasteiger partial charge on any atom is 0.305 e. The van der Waals surface area contributed by atoms with Gasteiger partial charge in [-0.3, -0.25) is 4.79 Å². The van der Waals surface area contributed by atoms with E-state index in [-0.39, 0.29) is 6.42 Å². The van der Waals surface area contributed by atoms with E-state index in [4.69, 9.17) is 15.5 Å². The number of hydrogen-bond donors (Lipinski definition) is 2. The molecule has 0 aromatic heterocycles. The van der Waals surface area contributed by atoms with Crippen molar-refractivity contribution in [1.82, 2.24) is 0 Å². The number of aliphatic carboxylic acids is 1. The van der Waals surface area contributed by atoms with Crippen molar-refractivity contribution in [1.29, 1.82) is 5.26 Å². The fraction of sp³-hybridized carbons (Fsp3) is 0.750. The summed E-state index contributed by atoms with van der Waals surface area (Å²) in [6.07, 6.45) is 1.41. The minimum Gasteiger partial charge on any atom is -0.481 e. The van der Waals surface area contributed by atoms with Crippen LogP contribution in [0.25, 0.3) is 0 Å². The van der Waals surface area contributed by atoms with Crippen molar-refractivity contribution >= 4 is 5.97 Å². The standard InChI is InChI=1S/C8H13NO3/c9-5-3-1-2-4-7(10)6-8(11)12/h7,10H,1-4,6H2,(H,11,12)/t7-/m1/s1. The van der Waals surface area contributed by atoms with Gasteiger partial charge in [0, 0.05) is 6.42 Å². The molecule has 12 heavy (non-hydrogen) atoms. The molecule has 0 unspecified atom stereocenters. The molecule has 0 fully saturated rings. The summed E-state index contributed by atoms with van der Waals surface area (Å²) in [6, 6.07) is 1.98. The molecule has 0 rings (SSSR count). The van der Waals surface area contributed by atoms with Gasteiger partial charge in [0.1, 0.15) is 0 Å². The highest BCUT2D eigenvalue weighted by Gasteiger charge is 2.08. The zero-order valence-electron chi connectivity index (χ0n) is 6.86. The Morgan fingerprint density at radius 3 is 2.67 bits per heavy atom. The third kappa shape index (κ3) is 7.03. The fourth-order valence-corrected chi connectivity index (χ4v) is 0.888. The van der Waals surface area contributed by atoms with E-state index in [1.54, 1.807) is 0 Å². The van der Waals surface area contributed by atoms with Gasteiger partial charge in [0.05, 0.1) is 18.6 Å². The van der Waals surface area contributed by atoms with Crippen molar-refractivity contribution in [3.8, 4) is 6.07 Å². The predicted molar refractivity (Wildman–Crippen MR) is 42.3 cm³/mol. The van der Waals surface area contributed by atoms with Crippen LogP contribution in [0.5, 0.6) is 0 Å². The van der Waals surface area contributed by atoms with E-state index >= 15 is 0 Å². The summed E-state index contributed by atoms with van der Waals surface area (Å²) in [5.74, 6) is -0.984. The molecule has 0 aromatic carbocycles. The van der Waals surface area contributed by atoms with Gasteiger partial charge in [-0.2, -0.15) is 5.26 Å². The zero-order chi connectivity index (χ0) is 9.40. The van der Waals surface area contributed by atoms with E-state index in [1.165, 1.54) is 0 Å². The van der Waals surface area contributed by atoms with Gasteiger partial charge in [-0.15, -0.1) is 0 Å². The molecule has 0 spiro atoms. The molecule has 0 aliphatic carbocycles. The summed E-state index contributed by atoms with van der Waals surface area (Å²) in [4.78, 5) is 10.1. The van der Waals surface area contributed by atoms with Crippen LogP contribution in [0.1, 0.15) is 32.1 Å². The second-order valence-electron chi connectivity index (χ2n) is 2.66. The topological polar surface area (TPSA) is 81.3 Å². The van der Waals surface area contributed by atoms with Crippen LogP contribution in [0.15, 0.2) is 0 Å². The van der Waals surface area contributed by atoms with Crippen molar-refractivity contribution in [3.05, 3.63) is 0 Å². The van der Waals surface area contributed by atoms with Crippen LogP contribution >= 0.6 is 0 Å². The van der Waals surface area contributed by atoms with Gasteiger partial charge in [0.15, 0.2) is 0 Å². The van der Waals surface area contributed by atoms with Gasteiger partial charge in [0.25, 0.3) is 0 Å². The third-order valence-corrected chi connectivity index (χ3v) is 1.49. The summed E-state index contributed by atoms with van der Waals surface area (Å²) in [5.41, 5.74) is 0. The largest absolute Gasteiger partial charge is 0.481 e. The Hall–Kier alpha value is -1.08. The lowest BCUT2D eigenvalue weighted by Crippen LogP contribution is -2.12. The number of rotatable bonds is 6. The van der Waals surface area contributed by atoms with Crippen LogP contribution in [0.2, 0.25) is 0 Å². The number of aliphatic hydroxyl groups excluding tert-OH is 1. The molecule has 0 heterocycles. The van der Waals surface area contributed by atoms with Gasteiger partial charge in [0.2, 0.25) is 0 Å². The highest BCUT2D eigenvalue weighted by Crippen LogP contribution is 2.05. The molecule has 4 heteroatoms. The predicted octanol–water partition coefficient (Wildman–Crippen LogP) is 0.906. The molecule has 0 radical (unpaired) electrons.